The summed E-state index contributed by atoms with van der Waals surface area (Å²) < 4.78 is 24.0. The summed E-state index contributed by atoms with van der Waals surface area (Å²) in [5.74, 6) is -0.990. The van der Waals surface area contributed by atoms with Crippen LogP contribution in [-0.4, -0.2) is 30.6 Å². The second kappa shape index (κ2) is 9.49. The number of hydrogen-bond donors (Lipinski definition) is 1. The van der Waals surface area contributed by atoms with Gasteiger partial charge in [0.1, 0.15) is 16.4 Å². The number of methoxy groups -OCH3 is 1. The monoisotopic (exact) mass is 428 g/mol. The second-order valence-electron chi connectivity index (χ2n) is 6.90. The Morgan fingerprint density at radius 1 is 1.23 bits per heavy atom. The maximum Gasteiger partial charge on any atom is 0.341 e. The molecule has 3 aromatic rings. The minimum absolute atomic E-state index is 0.151. The third-order valence-electron chi connectivity index (χ3n) is 4.11. The van der Waals surface area contributed by atoms with Gasteiger partial charge in [0, 0.05) is 34.3 Å². The van der Waals surface area contributed by atoms with Crippen LogP contribution in [-0.2, 0) is 4.74 Å². The van der Waals surface area contributed by atoms with E-state index in [9.17, 15) is 14.0 Å². The molecule has 6 nitrogen and oxygen atoms in total. The molecule has 1 aromatic carbocycles. The number of rotatable bonds is 7. The predicted octanol–water partition coefficient (Wildman–Crippen LogP) is 5.02. The molecule has 3 rings (SSSR count). The van der Waals surface area contributed by atoms with Crippen LogP contribution in [0.4, 0.5) is 9.39 Å². The fraction of sp³-hybridized carbons (Fsp3) is 0.227. The molecule has 0 aliphatic carbocycles. The first kappa shape index (κ1) is 21.4. The molecule has 0 aliphatic heterocycles. The zero-order valence-electron chi connectivity index (χ0n) is 16.8. The van der Waals surface area contributed by atoms with Gasteiger partial charge in [-0.3, -0.25) is 4.79 Å². The lowest BCUT2D eigenvalue weighted by Crippen LogP contribution is -2.16. The number of carbonyl (C=O) groups is 2. The third kappa shape index (κ3) is 5.01. The van der Waals surface area contributed by atoms with Gasteiger partial charge in [0.05, 0.1) is 13.7 Å². The van der Waals surface area contributed by atoms with Crippen LogP contribution in [0.2, 0.25) is 0 Å². The van der Waals surface area contributed by atoms with E-state index in [2.05, 4.69) is 10.3 Å². The average Bonchev–Trinajstić information content (AvgIpc) is 3.15. The number of ether oxygens (including phenoxy) is 2. The van der Waals surface area contributed by atoms with Crippen LogP contribution in [0.1, 0.15) is 34.6 Å². The van der Waals surface area contributed by atoms with Crippen LogP contribution in [0.15, 0.2) is 48.0 Å². The number of amides is 1. The minimum atomic E-state index is -0.551. The first-order valence-electron chi connectivity index (χ1n) is 9.25. The highest BCUT2D eigenvalue weighted by Crippen LogP contribution is 2.36. The number of benzene rings is 1. The molecule has 0 saturated carbocycles. The lowest BCUT2D eigenvalue weighted by atomic mass is 10.1. The Balaban J connectivity index is 1.96. The Kier molecular flexibility index (Phi) is 6.79. The first-order chi connectivity index (χ1) is 14.4. The number of nitrogens with zero attached hydrogens (tertiary/aromatic N) is 1. The lowest BCUT2D eigenvalue weighted by molar-refractivity contribution is 0.0461. The Hall–Kier alpha value is -3.26. The van der Waals surface area contributed by atoms with E-state index in [4.69, 9.17) is 9.47 Å². The van der Waals surface area contributed by atoms with Gasteiger partial charge in [-0.25, -0.2) is 14.2 Å². The van der Waals surface area contributed by atoms with Crippen molar-refractivity contribution >= 4 is 28.2 Å². The number of thiophene rings is 1. The molecule has 0 bridgehead atoms. The van der Waals surface area contributed by atoms with Gasteiger partial charge in [0.15, 0.2) is 0 Å². The zero-order valence-corrected chi connectivity index (χ0v) is 17.6. The summed E-state index contributed by atoms with van der Waals surface area (Å²) in [5, 5.41) is 4.77. The van der Waals surface area contributed by atoms with Gasteiger partial charge in [0.2, 0.25) is 5.88 Å². The van der Waals surface area contributed by atoms with Crippen molar-refractivity contribution in [1.82, 2.24) is 4.98 Å². The predicted molar refractivity (Wildman–Crippen MR) is 114 cm³/mol. The molecule has 0 radical (unpaired) electrons. The Bertz CT molecular complexity index is 1050. The average molecular weight is 428 g/mol. The lowest BCUT2D eigenvalue weighted by Gasteiger charge is -2.11. The van der Waals surface area contributed by atoms with Gasteiger partial charge in [-0.1, -0.05) is 19.9 Å². The van der Waals surface area contributed by atoms with Crippen LogP contribution in [0, 0.1) is 11.7 Å². The maximum atomic E-state index is 13.5. The normalized spacial score (nSPS) is 10.7. The molecular formula is C22H21FN2O4S. The van der Waals surface area contributed by atoms with Crippen LogP contribution in [0.5, 0.6) is 5.88 Å². The summed E-state index contributed by atoms with van der Waals surface area (Å²) in [7, 11) is 1.52. The van der Waals surface area contributed by atoms with Gasteiger partial charge in [0.25, 0.3) is 5.91 Å². The SMILES string of the molecule is COc1ccc(-c2csc(NC(=O)c3cccc(F)c3)c2C(=O)OCC(C)C)cn1. The number of nitrogens with one attached hydrogen (secondary N) is 1. The summed E-state index contributed by atoms with van der Waals surface area (Å²) in [6, 6.07) is 8.79. The van der Waals surface area contributed by atoms with Crippen molar-refractivity contribution in [3.63, 3.8) is 0 Å². The summed E-state index contributed by atoms with van der Waals surface area (Å²) in [6.45, 7) is 4.11. The second-order valence-corrected chi connectivity index (χ2v) is 7.78. The molecule has 1 amide bonds. The number of anilines is 1. The van der Waals surface area contributed by atoms with Crippen LogP contribution < -0.4 is 10.1 Å². The number of carbonyl (C=O) groups excluding carboxylic acids is 2. The Labute approximate surface area is 177 Å². The Morgan fingerprint density at radius 2 is 2.03 bits per heavy atom. The highest BCUT2D eigenvalue weighted by atomic mass is 32.1. The van der Waals surface area contributed by atoms with Crippen LogP contribution in [0.3, 0.4) is 0 Å². The van der Waals surface area contributed by atoms with E-state index in [1.807, 2.05) is 13.8 Å². The molecule has 8 heteroatoms. The van der Waals surface area contributed by atoms with Crippen molar-refractivity contribution in [2.24, 2.45) is 5.92 Å². The number of esters is 1. The summed E-state index contributed by atoms with van der Waals surface area (Å²) in [5.41, 5.74) is 1.64. The fourth-order valence-electron chi connectivity index (χ4n) is 2.64. The standard InChI is InChI=1S/C22H21FN2O4S/c1-13(2)11-29-22(27)19-17(15-7-8-18(28-3)24-10-15)12-30-21(19)25-20(26)14-5-4-6-16(23)9-14/h4-10,12-13H,11H2,1-3H3,(H,25,26). The molecule has 0 atom stereocenters. The van der Waals surface area contributed by atoms with Crippen molar-refractivity contribution in [1.29, 1.82) is 0 Å². The van der Waals surface area contributed by atoms with Crippen molar-refractivity contribution in [3.8, 4) is 17.0 Å². The highest BCUT2D eigenvalue weighted by molar-refractivity contribution is 7.15. The van der Waals surface area contributed by atoms with E-state index >= 15 is 0 Å². The first-order valence-corrected chi connectivity index (χ1v) is 10.1. The zero-order chi connectivity index (χ0) is 21.7. The third-order valence-corrected chi connectivity index (χ3v) is 5.01. The molecular weight excluding hydrogens is 407 g/mol. The van der Waals surface area contributed by atoms with Gasteiger partial charge < -0.3 is 14.8 Å². The van der Waals surface area contributed by atoms with E-state index in [-0.39, 0.29) is 23.7 Å². The summed E-state index contributed by atoms with van der Waals surface area (Å²) in [4.78, 5) is 29.6. The smallest absolute Gasteiger partial charge is 0.341 e. The number of halogens is 1. The van der Waals surface area contributed by atoms with Crippen LogP contribution >= 0.6 is 11.3 Å². The molecule has 0 spiro atoms. The van der Waals surface area contributed by atoms with Gasteiger partial charge in [-0.2, -0.15) is 0 Å². The molecule has 0 saturated heterocycles. The molecule has 30 heavy (non-hydrogen) atoms. The largest absolute Gasteiger partial charge is 0.481 e. The molecule has 1 N–H and O–H groups in total. The van der Waals surface area contributed by atoms with Crippen molar-refractivity contribution in [2.75, 3.05) is 19.0 Å². The topological polar surface area (TPSA) is 77.5 Å². The van der Waals surface area contributed by atoms with E-state index in [1.165, 1.54) is 36.6 Å². The van der Waals surface area contributed by atoms with E-state index in [1.54, 1.807) is 23.7 Å². The number of hydrogen-bond acceptors (Lipinski definition) is 6. The van der Waals surface area contributed by atoms with Gasteiger partial charge in [-0.05, 0) is 30.2 Å². The molecule has 0 unspecified atom stereocenters. The summed E-state index contributed by atoms with van der Waals surface area (Å²) in [6.07, 6.45) is 1.58. The Morgan fingerprint density at radius 3 is 2.67 bits per heavy atom. The van der Waals surface area contributed by atoms with Crippen molar-refractivity contribution in [3.05, 3.63) is 64.9 Å². The van der Waals surface area contributed by atoms with Gasteiger partial charge in [-0.15, -0.1) is 11.3 Å². The van der Waals surface area contributed by atoms with E-state index in [0.717, 1.165) is 6.07 Å². The number of aromatic nitrogens is 1. The molecule has 2 heterocycles. The summed E-state index contributed by atoms with van der Waals surface area (Å²) >= 11 is 1.19. The fourth-order valence-corrected chi connectivity index (χ4v) is 3.60. The molecule has 2 aromatic heterocycles. The van der Waals surface area contributed by atoms with Gasteiger partial charge >= 0.3 is 5.97 Å². The van der Waals surface area contributed by atoms with Crippen LogP contribution in [0.25, 0.3) is 11.1 Å². The quantitative estimate of drug-likeness (QED) is 0.535. The van der Waals surface area contributed by atoms with E-state index in [0.29, 0.717) is 22.0 Å². The number of pyridine rings is 1. The highest BCUT2D eigenvalue weighted by Gasteiger charge is 2.24. The van der Waals surface area contributed by atoms with Crippen molar-refractivity contribution in [2.45, 2.75) is 13.8 Å². The molecule has 156 valence electrons. The van der Waals surface area contributed by atoms with E-state index < -0.39 is 17.7 Å². The molecule has 0 fully saturated rings. The van der Waals surface area contributed by atoms with Crippen molar-refractivity contribution < 1.29 is 23.5 Å². The minimum Gasteiger partial charge on any atom is -0.481 e. The maximum absolute atomic E-state index is 13.5. The molecule has 0 aliphatic rings.